The van der Waals surface area contributed by atoms with Crippen molar-refractivity contribution < 1.29 is 24.5 Å². The van der Waals surface area contributed by atoms with Gasteiger partial charge in [-0.25, -0.2) is 0 Å². The first-order chi connectivity index (χ1) is 39.5. The molecule has 80 heavy (non-hydrogen) atoms. The van der Waals surface area contributed by atoms with Crippen molar-refractivity contribution in [2.24, 2.45) is 0 Å². The van der Waals surface area contributed by atoms with Crippen LogP contribution < -0.4 is 5.32 Å². The molecule has 0 saturated heterocycles. The van der Waals surface area contributed by atoms with E-state index in [0.29, 0.717) is 25.9 Å². The van der Waals surface area contributed by atoms with E-state index < -0.39 is 12.1 Å². The predicted molar refractivity (Wildman–Crippen MR) is 352 cm³/mol. The van der Waals surface area contributed by atoms with Gasteiger partial charge in [-0.1, -0.05) is 366 Å². The zero-order chi connectivity index (χ0) is 57.8. The maximum atomic E-state index is 12.5. The van der Waals surface area contributed by atoms with Gasteiger partial charge in [0.15, 0.2) is 0 Å². The van der Waals surface area contributed by atoms with Crippen molar-refractivity contribution in [1.82, 2.24) is 5.32 Å². The van der Waals surface area contributed by atoms with Gasteiger partial charge in [-0.3, -0.25) is 9.59 Å². The standard InChI is InChI=1S/C74H143NO5/c1-3-5-7-9-11-13-15-17-18-19-37-40-44-48-52-56-60-64-68-74(79)80-69-65-61-57-53-49-45-41-38-35-33-31-29-27-25-23-21-20-22-24-26-28-30-32-34-36-39-43-47-51-55-59-63-67-73(78)75-71(70-76)72(77)66-62-58-54-50-46-42-16-14-12-10-8-6-4-2/h13,15,18-19,71-72,76-77H,3-12,14,16-17,20-70H2,1-2H3,(H,75,78)/b15-13-,19-18-. The van der Waals surface area contributed by atoms with Gasteiger partial charge < -0.3 is 20.3 Å². The number of hydrogen-bond donors (Lipinski definition) is 3. The molecule has 0 bridgehead atoms. The summed E-state index contributed by atoms with van der Waals surface area (Å²) in [6.07, 6.45) is 88.2. The number of esters is 1. The second kappa shape index (κ2) is 69.8. The summed E-state index contributed by atoms with van der Waals surface area (Å²) >= 11 is 0. The Labute approximate surface area is 501 Å². The second-order valence-electron chi connectivity index (χ2n) is 25.3. The molecular weight excluding hydrogens is 983 g/mol. The first kappa shape index (κ1) is 78.3. The van der Waals surface area contributed by atoms with Gasteiger partial charge in [0.05, 0.1) is 25.4 Å². The fourth-order valence-corrected chi connectivity index (χ4v) is 11.7. The number of ether oxygens (including phenoxy) is 1. The first-order valence-electron chi connectivity index (χ1n) is 36.6. The number of amides is 1. The minimum absolute atomic E-state index is 0.0145. The molecule has 0 aromatic rings. The summed E-state index contributed by atoms with van der Waals surface area (Å²) in [7, 11) is 0. The van der Waals surface area contributed by atoms with Crippen LogP contribution in [0.5, 0.6) is 0 Å². The van der Waals surface area contributed by atoms with E-state index in [1.165, 1.54) is 327 Å². The van der Waals surface area contributed by atoms with Crippen molar-refractivity contribution in [3.8, 4) is 0 Å². The van der Waals surface area contributed by atoms with Gasteiger partial charge in [0.2, 0.25) is 5.91 Å². The topological polar surface area (TPSA) is 95.9 Å². The number of hydrogen-bond acceptors (Lipinski definition) is 5. The first-order valence-corrected chi connectivity index (χ1v) is 36.6. The molecule has 0 aromatic carbocycles. The van der Waals surface area contributed by atoms with Gasteiger partial charge in [0.1, 0.15) is 0 Å². The molecule has 6 heteroatoms. The van der Waals surface area contributed by atoms with E-state index in [1.807, 2.05) is 0 Å². The van der Waals surface area contributed by atoms with Crippen molar-refractivity contribution in [1.29, 1.82) is 0 Å². The quantitative estimate of drug-likeness (QED) is 0.0320. The van der Waals surface area contributed by atoms with E-state index in [-0.39, 0.29) is 18.5 Å². The lowest BCUT2D eigenvalue weighted by Crippen LogP contribution is -2.45. The van der Waals surface area contributed by atoms with E-state index in [2.05, 4.69) is 43.5 Å². The monoisotopic (exact) mass is 1130 g/mol. The Morgan fingerprint density at radius 1 is 0.350 bits per heavy atom. The van der Waals surface area contributed by atoms with Crippen LogP contribution in [0.2, 0.25) is 0 Å². The van der Waals surface area contributed by atoms with Gasteiger partial charge >= 0.3 is 5.97 Å². The Kier molecular flexibility index (Phi) is 68.4. The molecule has 2 atom stereocenters. The molecular formula is C74H143NO5. The van der Waals surface area contributed by atoms with Crippen LogP contribution in [0.3, 0.4) is 0 Å². The average Bonchev–Trinajstić information content (AvgIpc) is 3.46. The molecule has 0 heterocycles. The smallest absolute Gasteiger partial charge is 0.305 e. The van der Waals surface area contributed by atoms with Crippen LogP contribution in [0, 0.1) is 0 Å². The Hall–Kier alpha value is -1.66. The molecule has 0 saturated carbocycles. The van der Waals surface area contributed by atoms with Crippen LogP contribution >= 0.6 is 0 Å². The zero-order valence-corrected chi connectivity index (χ0v) is 54.3. The molecule has 0 aliphatic heterocycles. The average molecular weight is 1130 g/mol. The van der Waals surface area contributed by atoms with Gasteiger partial charge in [-0.15, -0.1) is 0 Å². The Morgan fingerprint density at radius 2 is 0.625 bits per heavy atom. The van der Waals surface area contributed by atoms with Gasteiger partial charge in [-0.2, -0.15) is 0 Å². The summed E-state index contributed by atoms with van der Waals surface area (Å²) in [5, 5.41) is 23.3. The fraction of sp³-hybridized carbons (Fsp3) is 0.919. The van der Waals surface area contributed by atoms with Gasteiger partial charge in [0.25, 0.3) is 0 Å². The highest BCUT2D eigenvalue weighted by atomic mass is 16.5. The maximum absolute atomic E-state index is 12.5. The van der Waals surface area contributed by atoms with Crippen molar-refractivity contribution in [3.05, 3.63) is 24.3 Å². The van der Waals surface area contributed by atoms with E-state index >= 15 is 0 Å². The highest BCUT2D eigenvalue weighted by Gasteiger charge is 2.20. The minimum atomic E-state index is -0.660. The minimum Gasteiger partial charge on any atom is -0.466 e. The second-order valence-corrected chi connectivity index (χ2v) is 25.3. The van der Waals surface area contributed by atoms with E-state index in [0.717, 1.165) is 51.4 Å². The Balaban J connectivity index is 3.30. The van der Waals surface area contributed by atoms with Crippen LogP contribution in [0.1, 0.15) is 412 Å². The van der Waals surface area contributed by atoms with Gasteiger partial charge in [0, 0.05) is 12.8 Å². The lowest BCUT2D eigenvalue weighted by molar-refractivity contribution is -0.143. The molecule has 0 fully saturated rings. The van der Waals surface area contributed by atoms with E-state index in [9.17, 15) is 19.8 Å². The largest absolute Gasteiger partial charge is 0.466 e. The SMILES string of the molecule is CCCCCC/C=C\C/C=C\CCCCCCCCCC(=O)OCCCCCCCCCCCCCCCCCCCCCCCCCCCCCCCCCCC(=O)NC(CO)C(O)CCCCCCCCCCCCCCC. The lowest BCUT2D eigenvalue weighted by atomic mass is 10.0. The molecule has 474 valence electrons. The number of nitrogens with one attached hydrogen (secondary N) is 1. The number of unbranched alkanes of at least 4 members (excludes halogenated alkanes) is 54. The molecule has 3 N–H and O–H groups in total. The maximum Gasteiger partial charge on any atom is 0.305 e. The van der Waals surface area contributed by atoms with Crippen molar-refractivity contribution in [2.75, 3.05) is 13.2 Å². The molecule has 1 amide bonds. The van der Waals surface area contributed by atoms with Crippen LogP contribution in [-0.4, -0.2) is 47.4 Å². The summed E-state index contributed by atoms with van der Waals surface area (Å²) < 4.78 is 5.51. The third-order valence-electron chi connectivity index (χ3n) is 17.3. The summed E-state index contributed by atoms with van der Waals surface area (Å²) in [6.45, 7) is 4.97. The van der Waals surface area contributed by atoms with Crippen LogP contribution in [0.4, 0.5) is 0 Å². The molecule has 0 aliphatic carbocycles. The number of aliphatic hydroxyl groups is 2. The highest BCUT2D eigenvalue weighted by molar-refractivity contribution is 5.76. The normalized spacial score (nSPS) is 12.6. The molecule has 2 unspecified atom stereocenters. The number of allylic oxidation sites excluding steroid dienone is 4. The number of carbonyl (C=O) groups excluding carboxylic acids is 2. The summed E-state index contributed by atoms with van der Waals surface area (Å²) in [6, 6.07) is -0.537. The van der Waals surface area contributed by atoms with Crippen molar-refractivity contribution >= 4 is 11.9 Å². The van der Waals surface area contributed by atoms with E-state index in [1.54, 1.807) is 0 Å². The van der Waals surface area contributed by atoms with Crippen LogP contribution in [0.25, 0.3) is 0 Å². The van der Waals surface area contributed by atoms with Crippen LogP contribution in [-0.2, 0) is 14.3 Å². The molecule has 0 aromatic heterocycles. The molecule has 0 rings (SSSR count). The zero-order valence-electron chi connectivity index (χ0n) is 54.3. The summed E-state index contributed by atoms with van der Waals surface area (Å²) in [5.74, 6) is -0.0136. The molecule has 0 radical (unpaired) electrons. The number of rotatable bonds is 69. The predicted octanol–water partition coefficient (Wildman–Crippen LogP) is 23.7. The fourth-order valence-electron chi connectivity index (χ4n) is 11.7. The van der Waals surface area contributed by atoms with Gasteiger partial charge in [-0.05, 0) is 57.8 Å². The number of carbonyl (C=O) groups is 2. The van der Waals surface area contributed by atoms with Crippen LogP contribution in [0.15, 0.2) is 24.3 Å². The number of aliphatic hydroxyl groups excluding tert-OH is 2. The molecule has 0 spiro atoms. The summed E-state index contributed by atoms with van der Waals surface area (Å²) in [4.78, 5) is 24.6. The summed E-state index contributed by atoms with van der Waals surface area (Å²) in [5.41, 5.74) is 0. The van der Waals surface area contributed by atoms with E-state index in [4.69, 9.17) is 4.74 Å². The molecule has 6 nitrogen and oxygen atoms in total. The third kappa shape index (κ3) is 65.5. The Morgan fingerprint density at radius 3 is 0.963 bits per heavy atom. The lowest BCUT2D eigenvalue weighted by Gasteiger charge is -2.22. The Bertz CT molecular complexity index is 1250. The third-order valence-corrected chi connectivity index (χ3v) is 17.3. The van der Waals surface area contributed by atoms with Crippen molar-refractivity contribution in [2.45, 2.75) is 424 Å². The molecule has 0 aliphatic rings. The highest BCUT2D eigenvalue weighted by Crippen LogP contribution is 2.19. The van der Waals surface area contributed by atoms with Crippen molar-refractivity contribution in [3.63, 3.8) is 0 Å².